The smallest absolute Gasteiger partial charge is 0.290 e. The molecule has 156 valence electrons. The number of halogens is 1. The summed E-state index contributed by atoms with van der Waals surface area (Å²) in [5.74, 6) is -0.0798. The van der Waals surface area contributed by atoms with Gasteiger partial charge >= 0.3 is 0 Å². The summed E-state index contributed by atoms with van der Waals surface area (Å²) in [5, 5.41) is 1.13. The molecule has 0 bridgehead atoms. The van der Waals surface area contributed by atoms with Crippen LogP contribution in [0.1, 0.15) is 46.6 Å². The van der Waals surface area contributed by atoms with Crippen LogP contribution in [-0.4, -0.2) is 42.9 Å². The van der Waals surface area contributed by atoms with E-state index in [2.05, 4.69) is 4.90 Å². The molecule has 4 rings (SSSR count). The van der Waals surface area contributed by atoms with Crippen LogP contribution in [0.25, 0.3) is 11.0 Å². The van der Waals surface area contributed by atoms with E-state index in [1.165, 1.54) is 0 Å². The summed E-state index contributed by atoms with van der Waals surface area (Å²) >= 11 is 6.08. The average molecular weight is 425 g/mol. The minimum absolute atomic E-state index is 0.134. The predicted octanol–water partition coefficient (Wildman–Crippen LogP) is 4.51. The van der Waals surface area contributed by atoms with Crippen LogP contribution in [-0.2, 0) is 6.42 Å². The number of carbonyl (C=O) groups is 1. The van der Waals surface area contributed by atoms with Crippen LogP contribution in [0.15, 0.2) is 51.7 Å². The van der Waals surface area contributed by atoms with E-state index < -0.39 is 6.04 Å². The van der Waals surface area contributed by atoms with Gasteiger partial charge in [-0.15, -0.1) is 0 Å². The molecule has 30 heavy (non-hydrogen) atoms. The second kappa shape index (κ2) is 8.25. The zero-order chi connectivity index (χ0) is 21.4. The molecule has 1 atom stereocenters. The van der Waals surface area contributed by atoms with Gasteiger partial charge < -0.3 is 14.2 Å². The molecule has 1 aliphatic rings. The second-order valence-electron chi connectivity index (χ2n) is 7.97. The maximum Gasteiger partial charge on any atom is 0.290 e. The number of aryl methyl sites for hydroxylation is 1. The molecule has 0 radical (unpaired) electrons. The van der Waals surface area contributed by atoms with Gasteiger partial charge in [-0.25, -0.2) is 0 Å². The van der Waals surface area contributed by atoms with Crippen molar-refractivity contribution in [3.63, 3.8) is 0 Å². The predicted molar refractivity (Wildman–Crippen MR) is 119 cm³/mol. The fourth-order valence-corrected chi connectivity index (χ4v) is 4.19. The molecular weight excluding hydrogens is 400 g/mol. The standard InChI is InChI=1S/C24H25ClN2O3/c1-4-15-6-11-19-18(14-15)22(28)20-21(16-7-9-17(25)10-8-16)27(13-5-12-26(2)3)24(29)23(20)30-19/h6-11,14,21H,4-5,12-13H2,1-3H3. The molecule has 0 fully saturated rings. The van der Waals surface area contributed by atoms with Crippen LogP contribution in [0.4, 0.5) is 0 Å². The van der Waals surface area contributed by atoms with Crippen LogP contribution >= 0.6 is 11.6 Å². The van der Waals surface area contributed by atoms with Gasteiger partial charge in [0, 0.05) is 11.6 Å². The first-order valence-corrected chi connectivity index (χ1v) is 10.6. The highest BCUT2D eigenvalue weighted by molar-refractivity contribution is 6.30. The summed E-state index contributed by atoms with van der Waals surface area (Å²) in [7, 11) is 4.00. The zero-order valence-electron chi connectivity index (χ0n) is 17.4. The number of nitrogens with zero attached hydrogens (tertiary/aromatic N) is 2. The molecule has 2 aromatic carbocycles. The maximum atomic E-state index is 13.5. The van der Waals surface area contributed by atoms with Crippen LogP contribution in [0, 0.1) is 0 Å². The van der Waals surface area contributed by atoms with Crippen molar-refractivity contribution >= 4 is 28.5 Å². The topological polar surface area (TPSA) is 53.8 Å². The highest BCUT2D eigenvalue weighted by atomic mass is 35.5. The molecule has 0 spiro atoms. The fourth-order valence-electron chi connectivity index (χ4n) is 4.07. The van der Waals surface area contributed by atoms with Crippen molar-refractivity contribution < 1.29 is 9.21 Å². The van der Waals surface area contributed by atoms with E-state index in [1.54, 1.807) is 23.1 Å². The minimum atomic E-state index is -0.474. The zero-order valence-corrected chi connectivity index (χ0v) is 18.2. The molecule has 6 heteroatoms. The summed E-state index contributed by atoms with van der Waals surface area (Å²) in [6.45, 7) is 3.42. The summed E-state index contributed by atoms with van der Waals surface area (Å²) in [6, 6.07) is 12.4. The monoisotopic (exact) mass is 424 g/mol. The molecular formula is C24H25ClN2O3. The molecule has 0 saturated carbocycles. The summed E-state index contributed by atoms with van der Waals surface area (Å²) in [4.78, 5) is 30.7. The first-order valence-electron chi connectivity index (χ1n) is 10.2. The number of rotatable bonds is 6. The van der Waals surface area contributed by atoms with E-state index in [9.17, 15) is 9.59 Å². The number of amides is 1. The van der Waals surface area contributed by atoms with E-state index in [1.807, 2.05) is 45.3 Å². The quantitative estimate of drug-likeness (QED) is 0.584. The van der Waals surface area contributed by atoms with Gasteiger partial charge in [0.1, 0.15) is 5.58 Å². The maximum absolute atomic E-state index is 13.5. The first kappa shape index (κ1) is 20.6. The normalized spacial score (nSPS) is 16.0. The molecule has 1 unspecified atom stereocenters. The average Bonchev–Trinajstić information content (AvgIpc) is 3.00. The third-order valence-electron chi connectivity index (χ3n) is 5.63. The Balaban J connectivity index is 1.88. The van der Waals surface area contributed by atoms with Crippen LogP contribution in [0.5, 0.6) is 0 Å². The molecule has 0 N–H and O–H groups in total. The van der Waals surface area contributed by atoms with Gasteiger partial charge in [0.15, 0.2) is 5.43 Å². The summed E-state index contributed by atoms with van der Waals surface area (Å²) in [5.41, 5.74) is 2.66. The number of carbonyl (C=O) groups excluding carboxylic acids is 1. The van der Waals surface area contributed by atoms with E-state index in [4.69, 9.17) is 16.0 Å². The van der Waals surface area contributed by atoms with Crippen molar-refractivity contribution in [1.82, 2.24) is 9.80 Å². The van der Waals surface area contributed by atoms with Crippen LogP contribution in [0.3, 0.4) is 0 Å². The van der Waals surface area contributed by atoms with Crippen molar-refractivity contribution in [2.75, 3.05) is 27.2 Å². The van der Waals surface area contributed by atoms with Crippen LogP contribution in [0.2, 0.25) is 5.02 Å². The van der Waals surface area contributed by atoms with Gasteiger partial charge in [0.05, 0.1) is 17.0 Å². The van der Waals surface area contributed by atoms with Gasteiger partial charge in [0.25, 0.3) is 5.91 Å². The lowest BCUT2D eigenvalue weighted by Gasteiger charge is -2.25. The number of hydrogen-bond donors (Lipinski definition) is 0. The van der Waals surface area contributed by atoms with Gasteiger partial charge in [0.2, 0.25) is 5.76 Å². The Kier molecular flexibility index (Phi) is 5.67. The summed E-state index contributed by atoms with van der Waals surface area (Å²) < 4.78 is 6.00. The lowest BCUT2D eigenvalue weighted by Crippen LogP contribution is -2.32. The van der Waals surface area contributed by atoms with E-state index >= 15 is 0 Å². The van der Waals surface area contributed by atoms with E-state index in [-0.39, 0.29) is 17.1 Å². The SMILES string of the molecule is CCc1ccc2oc3c(c(=O)c2c1)C(c1ccc(Cl)cc1)N(CCCN(C)C)C3=O. The Labute approximate surface area is 180 Å². The Morgan fingerprint density at radius 2 is 1.83 bits per heavy atom. The summed E-state index contributed by atoms with van der Waals surface area (Å²) in [6.07, 6.45) is 1.62. The first-order chi connectivity index (χ1) is 14.4. The van der Waals surface area contributed by atoms with Gasteiger partial charge in [-0.05, 0) is 68.9 Å². The molecule has 2 heterocycles. The Bertz CT molecular complexity index is 1150. The van der Waals surface area contributed by atoms with E-state index in [0.29, 0.717) is 28.1 Å². The Morgan fingerprint density at radius 1 is 1.10 bits per heavy atom. The Morgan fingerprint density at radius 3 is 2.50 bits per heavy atom. The lowest BCUT2D eigenvalue weighted by molar-refractivity contribution is 0.0722. The van der Waals surface area contributed by atoms with Gasteiger partial charge in [-0.3, -0.25) is 9.59 Å². The largest absolute Gasteiger partial charge is 0.450 e. The molecule has 1 aromatic heterocycles. The molecule has 1 amide bonds. The van der Waals surface area contributed by atoms with Crippen molar-refractivity contribution in [3.05, 3.63) is 80.2 Å². The van der Waals surface area contributed by atoms with E-state index in [0.717, 1.165) is 30.5 Å². The van der Waals surface area contributed by atoms with Crippen molar-refractivity contribution in [3.8, 4) is 0 Å². The fraction of sp³-hybridized carbons (Fsp3) is 0.333. The van der Waals surface area contributed by atoms with Crippen molar-refractivity contribution in [1.29, 1.82) is 0 Å². The molecule has 5 nitrogen and oxygen atoms in total. The van der Waals surface area contributed by atoms with Crippen molar-refractivity contribution in [2.45, 2.75) is 25.8 Å². The third-order valence-corrected chi connectivity index (χ3v) is 5.88. The minimum Gasteiger partial charge on any atom is -0.450 e. The van der Waals surface area contributed by atoms with Crippen molar-refractivity contribution in [2.24, 2.45) is 0 Å². The number of fused-ring (bicyclic) bond motifs is 2. The van der Waals surface area contributed by atoms with Gasteiger partial charge in [-0.2, -0.15) is 0 Å². The lowest BCUT2D eigenvalue weighted by atomic mass is 9.98. The number of hydrogen-bond acceptors (Lipinski definition) is 4. The highest BCUT2D eigenvalue weighted by Crippen LogP contribution is 2.38. The second-order valence-corrected chi connectivity index (χ2v) is 8.40. The van der Waals surface area contributed by atoms with Gasteiger partial charge in [-0.1, -0.05) is 36.7 Å². The third kappa shape index (κ3) is 3.64. The molecule has 0 aliphatic carbocycles. The Hall–Kier alpha value is -2.63. The van der Waals surface area contributed by atoms with Crippen LogP contribution < -0.4 is 5.43 Å². The molecule has 0 saturated heterocycles. The molecule has 1 aliphatic heterocycles. The number of benzene rings is 2. The highest BCUT2D eigenvalue weighted by Gasteiger charge is 2.42. The molecule has 3 aromatic rings.